The molecule has 0 radical (unpaired) electrons. The van der Waals surface area contributed by atoms with E-state index in [1.165, 1.54) is 11.3 Å². The van der Waals surface area contributed by atoms with Crippen LogP contribution in [0.4, 0.5) is 5.69 Å². The molecule has 0 bridgehead atoms. The number of nitrogens with two attached hydrogens (primary N) is 1. The number of thiophene rings is 1. The minimum absolute atomic E-state index is 0.0795. The number of aryl methyl sites for hydroxylation is 2. The predicted octanol–water partition coefficient (Wildman–Crippen LogP) is 3.60. The molecule has 0 fully saturated rings. The van der Waals surface area contributed by atoms with Gasteiger partial charge in [-0.1, -0.05) is 30.3 Å². The molecule has 0 amide bonds. The summed E-state index contributed by atoms with van der Waals surface area (Å²) in [5, 5.41) is 9.08. The molecule has 0 saturated heterocycles. The lowest BCUT2D eigenvalue weighted by molar-refractivity contribution is 0.104. The van der Waals surface area contributed by atoms with Gasteiger partial charge >= 0.3 is 0 Å². The summed E-state index contributed by atoms with van der Waals surface area (Å²) < 4.78 is 0. The topological polar surface area (TPSA) is 84.7 Å². The third kappa shape index (κ3) is 1.95. The second kappa shape index (κ2) is 4.89. The number of aromatic amines is 1. The van der Waals surface area contributed by atoms with Crippen LogP contribution in [0.5, 0.6) is 0 Å². The number of carbonyl (C=O) groups excluding carboxylic acids is 1. The molecule has 0 saturated carbocycles. The number of hydrogen-bond acceptors (Lipinski definition) is 5. The average molecular weight is 322 g/mol. The van der Waals surface area contributed by atoms with E-state index < -0.39 is 0 Å². The number of anilines is 1. The molecular formula is C17H14N4OS. The molecule has 4 aromatic rings. The molecule has 0 aliphatic heterocycles. The summed E-state index contributed by atoms with van der Waals surface area (Å²) in [6, 6.07) is 9.15. The smallest absolute Gasteiger partial charge is 0.205 e. The Balaban J connectivity index is 2.02. The number of rotatable bonds is 2. The van der Waals surface area contributed by atoms with Crippen molar-refractivity contribution in [2.45, 2.75) is 13.8 Å². The molecule has 5 nitrogen and oxygen atoms in total. The van der Waals surface area contributed by atoms with Crippen LogP contribution in [-0.2, 0) is 0 Å². The quantitative estimate of drug-likeness (QED) is 0.552. The van der Waals surface area contributed by atoms with E-state index in [4.69, 9.17) is 5.73 Å². The van der Waals surface area contributed by atoms with Crippen LogP contribution in [0.25, 0.3) is 21.1 Å². The molecule has 1 aromatic carbocycles. The van der Waals surface area contributed by atoms with E-state index in [1.54, 1.807) is 12.1 Å². The third-order valence-electron chi connectivity index (χ3n) is 3.98. The van der Waals surface area contributed by atoms with Gasteiger partial charge in [-0.3, -0.25) is 9.89 Å². The standard InChI is InChI=1S/C17H14N4OS/c1-8-11-9(2)20-21-14(11)12-13(18)16(23-17(12)19-8)15(22)10-6-4-3-5-7-10/h3-7H,18H2,1-2H3,(H,20,21). The van der Waals surface area contributed by atoms with Crippen LogP contribution in [0.15, 0.2) is 30.3 Å². The molecule has 0 aliphatic carbocycles. The first kappa shape index (κ1) is 13.9. The Morgan fingerprint density at radius 2 is 1.91 bits per heavy atom. The van der Waals surface area contributed by atoms with Crippen molar-refractivity contribution in [3.05, 3.63) is 52.2 Å². The normalized spacial score (nSPS) is 11.4. The summed E-state index contributed by atoms with van der Waals surface area (Å²) >= 11 is 1.33. The van der Waals surface area contributed by atoms with Crippen molar-refractivity contribution in [3.8, 4) is 0 Å². The van der Waals surface area contributed by atoms with Gasteiger partial charge in [0.2, 0.25) is 5.78 Å². The highest BCUT2D eigenvalue weighted by atomic mass is 32.1. The lowest BCUT2D eigenvalue weighted by Gasteiger charge is -2.00. The summed E-state index contributed by atoms with van der Waals surface area (Å²) in [5.41, 5.74) is 10.0. The van der Waals surface area contributed by atoms with Gasteiger partial charge < -0.3 is 5.73 Å². The zero-order chi connectivity index (χ0) is 16.1. The highest BCUT2D eigenvalue weighted by Crippen LogP contribution is 2.39. The van der Waals surface area contributed by atoms with Gasteiger partial charge in [-0.05, 0) is 13.8 Å². The third-order valence-corrected chi connectivity index (χ3v) is 5.08. The van der Waals surface area contributed by atoms with E-state index in [0.717, 1.165) is 32.5 Å². The molecule has 4 rings (SSSR count). The van der Waals surface area contributed by atoms with E-state index in [0.29, 0.717) is 16.1 Å². The molecular weight excluding hydrogens is 308 g/mol. The Kier molecular flexibility index (Phi) is 2.96. The Morgan fingerprint density at radius 1 is 1.17 bits per heavy atom. The number of nitrogens with one attached hydrogen (secondary N) is 1. The summed E-state index contributed by atoms with van der Waals surface area (Å²) in [6.45, 7) is 3.90. The maximum absolute atomic E-state index is 12.7. The number of ketones is 1. The molecule has 0 unspecified atom stereocenters. The van der Waals surface area contributed by atoms with Gasteiger partial charge in [0.05, 0.1) is 16.8 Å². The fourth-order valence-corrected chi connectivity index (χ4v) is 4.00. The molecule has 3 N–H and O–H groups in total. The maximum Gasteiger partial charge on any atom is 0.205 e. The summed E-state index contributed by atoms with van der Waals surface area (Å²) in [5.74, 6) is -0.0795. The second-order valence-electron chi connectivity index (χ2n) is 5.49. The molecule has 0 atom stereocenters. The van der Waals surface area contributed by atoms with Crippen LogP contribution in [0.3, 0.4) is 0 Å². The number of pyridine rings is 1. The van der Waals surface area contributed by atoms with E-state index in [-0.39, 0.29) is 5.78 Å². The van der Waals surface area contributed by atoms with Crippen molar-refractivity contribution >= 4 is 43.9 Å². The van der Waals surface area contributed by atoms with Crippen molar-refractivity contribution in [2.75, 3.05) is 5.73 Å². The van der Waals surface area contributed by atoms with Crippen LogP contribution in [-0.4, -0.2) is 21.0 Å². The van der Waals surface area contributed by atoms with Gasteiger partial charge in [-0.25, -0.2) is 4.98 Å². The van der Waals surface area contributed by atoms with Crippen molar-refractivity contribution in [1.29, 1.82) is 0 Å². The molecule has 0 aliphatic rings. The van der Waals surface area contributed by atoms with Gasteiger partial charge in [-0.2, -0.15) is 5.10 Å². The van der Waals surface area contributed by atoms with Crippen molar-refractivity contribution in [1.82, 2.24) is 15.2 Å². The summed E-state index contributed by atoms with van der Waals surface area (Å²) in [4.78, 5) is 18.6. The van der Waals surface area contributed by atoms with E-state index >= 15 is 0 Å². The Hall–Kier alpha value is -2.73. The lowest BCUT2D eigenvalue weighted by atomic mass is 10.1. The number of nitrogen functional groups attached to an aromatic ring is 1. The number of H-pyrrole nitrogens is 1. The number of hydrogen-bond donors (Lipinski definition) is 2. The van der Waals surface area contributed by atoms with Crippen LogP contribution in [0, 0.1) is 13.8 Å². The molecule has 3 heterocycles. The zero-order valence-electron chi connectivity index (χ0n) is 12.7. The molecule has 6 heteroatoms. The predicted molar refractivity (Wildman–Crippen MR) is 93.0 cm³/mol. The van der Waals surface area contributed by atoms with Gasteiger partial charge in [-0.15, -0.1) is 11.3 Å². The molecule has 114 valence electrons. The SMILES string of the molecule is Cc1nc2sc(C(=O)c3ccccc3)c(N)c2c2n[nH]c(C)c12. The highest BCUT2D eigenvalue weighted by molar-refractivity contribution is 7.21. The Labute approximate surface area is 136 Å². The van der Waals surface area contributed by atoms with Crippen molar-refractivity contribution < 1.29 is 4.79 Å². The molecule has 23 heavy (non-hydrogen) atoms. The van der Waals surface area contributed by atoms with Gasteiger partial charge in [0.1, 0.15) is 15.2 Å². The van der Waals surface area contributed by atoms with Crippen molar-refractivity contribution in [3.63, 3.8) is 0 Å². The minimum Gasteiger partial charge on any atom is -0.397 e. The van der Waals surface area contributed by atoms with Crippen LogP contribution in [0.1, 0.15) is 26.6 Å². The first-order chi connectivity index (χ1) is 11.1. The second-order valence-corrected chi connectivity index (χ2v) is 6.49. The van der Waals surface area contributed by atoms with E-state index in [9.17, 15) is 4.79 Å². The summed E-state index contributed by atoms with van der Waals surface area (Å²) in [6.07, 6.45) is 0. The lowest BCUT2D eigenvalue weighted by Crippen LogP contribution is -2.01. The maximum atomic E-state index is 12.7. The Bertz CT molecular complexity index is 1060. The number of carbonyl (C=O) groups is 1. The molecule has 0 spiro atoms. The fourth-order valence-electron chi connectivity index (χ4n) is 2.89. The summed E-state index contributed by atoms with van der Waals surface area (Å²) in [7, 11) is 0. The number of aromatic nitrogens is 3. The van der Waals surface area contributed by atoms with Gasteiger partial charge in [0.15, 0.2) is 0 Å². The monoisotopic (exact) mass is 322 g/mol. The van der Waals surface area contributed by atoms with Gasteiger partial charge in [0, 0.05) is 16.6 Å². The average Bonchev–Trinajstić information content (AvgIpc) is 3.09. The van der Waals surface area contributed by atoms with Crippen LogP contribution in [0.2, 0.25) is 0 Å². The number of nitrogens with zero attached hydrogens (tertiary/aromatic N) is 2. The Morgan fingerprint density at radius 3 is 2.65 bits per heavy atom. The number of fused-ring (bicyclic) bond motifs is 3. The molecule has 3 aromatic heterocycles. The largest absolute Gasteiger partial charge is 0.397 e. The first-order valence-electron chi connectivity index (χ1n) is 7.21. The fraction of sp³-hybridized carbons (Fsp3) is 0.118. The van der Waals surface area contributed by atoms with E-state index in [1.807, 2.05) is 32.0 Å². The van der Waals surface area contributed by atoms with Gasteiger partial charge in [0.25, 0.3) is 0 Å². The van der Waals surface area contributed by atoms with Crippen molar-refractivity contribution in [2.24, 2.45) is 0 Å². The highest BCUT2D eigenvalue weighted by Gasteiger charge is 2.22. The first-order valence-corrected chi connectivity index (χ1v) is 8.02. The van der Waals surface area contributed by atoms with E-state index in [2.05, 4.69) is 15.2 Å². The zero-order valence-corrected chi connectivity index (χ0v) is 13.5. The minimum atomic E-state index is -0.0795. The van der Waals surface area contributed by atoms with Crippen LogP contribution < -0.4 is 5.73 Å². The number of benzene rings is 1. The van der Waals surface area contributed by atoms with Crippen LogP contribution >= 0.6 is 11.3 Å².